The molecule has 0 aromatic heterocycles. The van der Waals surface area contributed by atoms with Crippen LogP contribution < -0.4 is 10.6 Å². The van der Waals surface area contributed by atoms with E-state index >= 15 is 0 Å². The van der Waals surface area contributed by atoms with E-state index in [4.69, 9.17) is 21.1 Å². The molecular formula is C23H37ClN2O4. The quantitative estimate of drug-likeness (QED) is 0.323. The van der Waals surface area contributed by atoms with Crippen LogP contribution in [0.4, 0.5) is 4.79 Å². The fraction of sp³-hybridized carbons (Fsp3) is 0.696. The third-order valence-electron chi connectivity index (χ3n) is 5.42. The Labute approximate surface area is 185 Å². The minimum atomic E-state index is -0.740. The molecule has 170 valence electrons. The number of unbranched alkanes of at least 4 members (excludes halogenated alkanes) is 1. The van der Waals surface area contributed by atoms with Gasteiger partial charge in [0, 0.05) is 25.4 Å². The molecule has 0 radical (unpaired) electrons. The van der Waals surface area contributed by atoms with Crippen molar-refractivity contribution in [2.24, 2.45) is 5.41 Å². The lowest BCUT2D eigenvalue weighted by molar-refractivity contribution is 0.0684. The van der Waals surface area contributed by atoms with E-state index < -0.39 is 18.2 Å². The van der Waals surface area contributed by atoms with Gasteiger partial charge in [0.15, 0.2) is 0 Å². The van der Waals surface area contributed by atoms with Gasteiger partial charge >= 0.3 is 6.09 Å². The lowest BCUT2D eigenvalue weighted by atomic mass is 9.87. The van der Waals surface area contributed by atoms with E-state index in [0.29, 0.717) is 38.5 Å². The molecule has 0 bridgehead atoms. The fourth-order valence-electron chi connectivity index (χ4n) is 3.58. The molecule has 30 heavy (non-hydrogen) atoms. The van der Waals surface area contributed by atoms with Gasteiger partial charge in [-0.2, -0.15) is 0 Å². The summed E-state index contributed by atoms with van der Waals surface area (Å²) in [6.45, 7) is 6.64. The summed E-state index contributed by atoms with van der Waals surface area (Å²) in [7, 11) is 0. The summed E-state index contributed by atoms with van der Waals surface area (Å²) in [5, 5.41) is 17.0. The number of carbonyl (C=O) groups excluding carboxylic acids is 1. The van der Waals surface area contributed by atoms with Gasteiger partial charge < -0.3 is 25.2 Å². The number of benzene rings is 1. The number of ether oxygens (including phenoxy) is 2. The second-order valence-corrected chi connectivity index (χ2v) is 9.22. The summed E-state index contributed by atoms with van der Waals surface area (Å²) < 4.78 is 10.7. The van der Waals surface area contributed by atoms with E-state index in [1.165, 1.54) is 0 Å². The van der Waals surface area contributed by atoms with E-state index in [0.717, 1.165) is 31.4 Å². The first-order valence-corrected chi connectivity index (χ1v) is 11.5. The maximum absolute atomic E-state index is 12.4. The lowest BCUT2D eigenvalue weighted by Gasteiger charge is -2.28. The Balaban J connectivity index is 1.87. The molecule has 0 unspecified atom stereocenters. The molecular weight excluding hydrogens is 404 g/mol. The number of hydrogen-bond acceptors (Lipinski definition) is 5. The highest BCUT2D eigenvalue weighted by Gasteiger charge is 2.26. The predicted octanol–water partition coefficient (Wildman–Crippen LogP) is 3.50. The Morgan fingerprint density at radius 2 is 2.10 bits per heavy atom. The van der Waals surface area contributed by atoms with Gasteiger partial charge in [0.2, 0.25) is 0 Å². The summed E-state index contributed by atoms with van der Waals surface area (Å²) in [5.41, 5.74) is 1.17. The van der Waals surface area contributed by atoms with Crippen molar-refractivity contribution in [3.05, 3.63) is 35.9 Å². The molecule has 0 saturated carbocycles. The zero-order chi connectivity index (χ0) is 21.8. The summed E-state index contributed by atoms with van der Waals surface area (Å²) >= 11 is 5.77. The number of nitrogens with one attached hydrogen (secondary N) is 2. The smallest absolute Gasteiger partial charge is 0.407 e. The maximum Gasteiger partial charge on any atom is 0.407 e. The van der Waals surface area contributed by atoms with Crippen LogP contribution in [0.2, 0.25) is 0 Å². The van der Waals surface area contributed by atoms with Crippen molar-refractivity contribution in [1.82, 2.24) is 10.6 Å². The highest BCUT2D eigenvalue weighted by Crippen LogP contribution is 2.22. The molecule has 1 heterocycles. The van der Waals surface area contributed by atoms with Crippen LogP contribution in [-0.2, 0) is 15.9 Å². The molecule has 3 N–H and O–H groups in total. The number of aliphatic hydroxyl groups excluding tert-OH is 1. The van der Waals surface area contributed by atoms with Gasteiger partial charge in [-0.3, -0.25) is 0 Å². The predicted molar refractivity (Wildman–Crippen MR) is 120 cm³/mol. The van der Waals surface area contributed by atoms with Crippen LogP contribution in [-0.4, -0.2) is 61.6 Å². The molecule has 1 saturated heterocycles. The van der Waals surface area contributed by atoms with Crippen LogP contribution in [0.25, 0.3) is 0 Å². The first-order chi connectivity index (χ1) is 14.4. The topological polar surface area (TPSA) is 79.8 Å². The van der Waals surface area contributed by atoms with Gasteiger partial charge in [0.05, 0.1) is 25.4 Å². The van der Waals surface area contributed by atoms with Crippen molar-refractivity contribution >= 4 is 17.7 Å². The molecule has 1 amide bonds. The van der Waals surface area contributed by atoms with Crippen LogP contribution in [0.1, 0.15) is 45.1 Å². The number of aliphatic hydroxyl groups is 1. The third-order valence-corrected chi connectivity index (χ3v) is 5.69. The molecule has 1 aliphatic heterocycles. The van der Waals surface area contributed by atoms with Crippen LogP contribution in [0, 0.1) is 5.41 Å². The van der Waals surface area contributed by atoms with Crippen LogP contribution in [0.3, 0.4) is 0 Å². The second kappa shape index (κ2) is 13.2. The van der Waals surface area contributed by atoms with E-state index in [9.17, 15) is 9.90 Å². The summed E-state index contributed by atoms with van der Waals surface area (Å²) in [4.78, 5) is 12.4. The maximum atomic E-state index is 12.4. The van der Waals surface area contributed by atoms with Crippen molar-refractivity contribution in [3.8, 4) is 0 Å². The van der Waals surface area contributed by atoms with Gasteiger partial charge in [0.1, 0.15) is 6.10 Å². The molecule has 7 heteroatoms. The van der Waals surface area contributed by atoms with E-state index in [1.54, 1.807) is 0 Å². The number of carbonyl (C=O) groups is 1. The average molecular weight is 441 g/mol. The summed E-state index contributed by atoms with van der Waals surface area (Å²) in [6, 6.07) is 9.39. The largest absolute Gasteiger partial charge is 0.444 e. The second-order valence-electron chi connectivity index (χ2n) is 8.84. The molecule has 1 aromatic carbocycles. The Morgan fingerprint density at radius 1 is 1.33 bits per heavy atom. The lowest BCUT2D eigenvalue weighted by Crippen LogP contribution is -2.50. The van der Waals surface area contributed by atoms with E-state index in [-0.39, 0.29) is 11.5 Å². The zero-order valence-electron chi connectivity index (χ0n) is 18.2. The molecule has 6 nitrogen and oxygen atoms in total. The van der Waals surface area contributed by atoms with Crippen LogP contribution >= 0.6 is 11.6 Å². The number of alkyl halides is 1. The number of rotatable bonds is 13. The minimum Gasteiger partial charge on any atom is -0.444 e. The number of halogens is 1. The Hall–Kier alpha value is -1.34. The van der Waals surface area contributed by atoms with Crippen molar-refractivity contribution in [2.45, 2.75) is 64.2 Å². The van der Waals surface area contributed by atoms with Gasteiger partial charge in [0.25, 0.3) is 0 Å². The van der Waals surface area contributed by atoms with Gasteiger partial charge in [-0.25, -0.2) is 4.79 Å². The van der Waals surface area contributed by atoms with Gasteiger partial charge in [-0.05, 0) is 30.2 Å². The molecule has 1 aromatic rings. The fourth-order valence-corrected chi connectivity index (χ4v) is 3.77. The molecule has 1 fully saturated rings. The number of hydrogen-bond donors (Lipinski definition) is 3. The molecule has 3 atom stereocenters. The summed E-state index contributed by atoms with van der Waals surface area (Å²) in [5.74, 6) is 0.693. The Bertz CT molecular complexity index is 608. The van der Waals surface area contributed by atoms with E-state index in [1.807, 2.05) is 30.3 Å². The molecule has 1 aliphatic rings. The van der Waals surface area contributed by atoms with Gasteiger partial charge in [-0.1, -0.05) is 50.6 Å². The first-order valence-electron chi connectivity index (χ1n) is 10.9. The highest BCUT2D eigenvalue weighted by atomic mass is 35.5. The van der Waals surface area contributed by atoms with Crippen molar-refractivity contribution in [2.75, 3.05) is 32.2 Å². The monoisotopic (exact) mass is 440 g/mol. The SMILES string of the molecule is CC(C)(CCCCCl)CNC[C@H](O)[C@H](Cc1ccccc1)NC(=O)O[C@H]1CCOC1. The third kappa shape index (κ3) is 9.65. The molecule has 0 aliphatic carbocycles. The minimum absolute atomic E-state index is 0.121. The van der Waals surface area contributed by atoms with Crippen molar-refractivity contribution in [1.29, 1.82) is 0 Å². The first kappa shape index (κ1) is 24.9. The number of amides is 1. The Morgan fingerprint density at radius 3 is 2.77 bits per heavy atom. The standard InChI is InChI=1S/C23H37ClN2O4/c1-23(2,11-6-7-12-24)17-25-15-21(27)20(14-18-8-4-3-5-9-18)26-22(28)30-19-10-13-29-16-19/h3-5,8-9,19-21,25,27H,6-7,10-17H2,1-2H3,(H,26,28)/t19-,20-,21-/m0/s1. The average Bonchev–Trinajstić information content (AvgIpc) is 3.21. The molecule has 2 rings (SSSR count). The van der Waals surface area contributed by atoms with Gasteiger partial charge in [-0.15, -0.1) is 11.6 Å². The Kier molecular flexibility index (Phi) is 10.9. The zero-order valence-corrected chi connectivity index (χ0v) is 19.0. The highest BCUT2D eigenvalue weighted by molar-refractivity contribution is 6.17. The van der Waals surface area contributed by atoms with E-state index in [2.05, 4.69) is 24.5 Å². The molecule has 0 spiro atoms. The van der Waals surface area contributed by atoms with Crippen molar-refractivity contribution in [3.63, 3.8) is 0 Å². The number of alkyl carbamates (subject to hydrolysis) is 1. The normalized spacial score (nSPS) is 18.7. The van der Waals surface area contributed by atoms with Crippen molar-refractivity contribution < 1.29 is 19.4 Å². The van der Waals surface area contributed by atoms with Crippen LogP contribution in [0.5, 0.6) is 0 Å². The van der Waals surface area contributed by atoms with Crippen LogP contribution in [0.15, 0.2) is 30.3 Å². The summed E-state index contributed by atoms with van der Waals surface area (Å²) in [6.07, 6.45) is 2.96.